The SMILES string of the molecule is CCCNC1CCCCCC1CN(C)Cc1ccoc1. The quantitative estimate of drug-likeness (QED) is 0.772. The largest absolute Gasteiger partial charge is 0.472 e. The molecule has 0 radical (unpaired) electrons. The van der Waals surface area contributed by atoms with Crippen LogP contribution in [0.1, 0.15) is 51.0 Å². The van der Waals surface area contributed by atoms with Gasteiger partial charge in [-0.15, -0.1) is 0 Å². The van der Waals surface area contributed by atoms with Crippen LogP contribution < -0.4 is 5.32 Å². The summed E-state index contributed by atoms with van der Waals surface area (Å²) in [5.74, 6) is 0.793. The minimum Gasteiger partial charge on any atom is -0.472 e. The molecular weight excluding hydrogens is 248 g/mol. The number of hydrogen-bond acceptors (Lipinski definition) is 3. The zero-order chi connectivity index (χ0) is 14.2. The Morgan fingerprint density at radius 2 is 2.15 bits per heavy atom. The van der Waals surface area contributed by atoms with Gasteiger partial charge in [0.1, 0.15) is 0 Å². The lowest BCUT2D eigenvalue weighted by atomic mass is 9.94. The predicted molar refractivity (Wildman–Crippen MR) is 83.7 cm³/mol. The minimum atomic E-state index is 0.712. The van der Waals surface area contributed by atoms with Crippen molar-refractivity contribution < 1.29 is 4.42 Å². The molecule has 0 amide bonds. The van der Waals surface area contributed by atoms with Crippen molar-refractivity contribution in [2.45, 2.75) is 58.0 Å². The lowest BCUT2D eigenvalue weighted by Gasteiger charge is -2.30. The summed E-state index contributed by atoms with van der Waals surface area (Å²) in [7, 11) is 2.23. The standard InChI is InChI=1S/C17H30N2O/c1-3-10-18-17-8-6-4-5-7-16(17)13-19(2)12-15-9-11-20-14-15/h9,11,14,16-18H,3-8,10,12-13H2,1-2H3. The Morgan fingerprint density at radius 3 is 2.90 bits per heavy atom. The fourth-order valence-corrected chi connectivity index (χ4v) is 3.36. The maximum absolute atomic E-state index is 5.16. The Labute approximate surface area is 123 Å². The molecule has 20 heavy (non-hydrogen) atoms. The first kappa shape index (κ1) is 15.6. The van der Waals surface area contributed by atoms with Crippen LogP contribution in [0.4, 0.5) is 0 Å². The van der Waals surface area contributed by atoms with Gasteiger partial charge in [-0.25, -0.2) is 0 Å². The second-order valence-corrected chi connectivity index (χ2v) is 6.29. The van der Waals surface area contributed by atoms with E-state index in [2.05, 4.69) is 30.3 Å². The van der Waals surface area contributed by atoms with Gasteiger partial charge in [-0.1, -0.05) is 26.2 Å². The number of nitrogens with one attached hydrogen (secondary N) is 1. The number of furan rings is 1. The van der Waals surface area contributed by atoms with Gasteiger partial charge >= 0.3 is 0 Å². The van der Waals surface area contributed by atoms with E-state index in [1.807, 2.05) is 6.26 Å². The lowest BCUT2D eigenvalue weighted by Crippen LogP contribution is -2.41. The van der Waals surface area contributed by atoms with Gasteiger partial charge in [-0.3, -0.25) is 0 Å². The first-order chi connectivity index (χ1) is 9.79. The lowest BCUT2D eigenvalue weighted by molar-refractivity contribution is 0.218. The smallest absolute Gasteiger partial charge is 0.0947 e. The molecule has 2 unspecified atom stereocenters. The van der Waals surface area contributed by atoms with E-state index >= 15 is 0 Å². The molecule has 1 aromatic rings. The van der Waals surface area contributed by atoms with Crippen molar-refractivity contribution in [3.8, 4) is 0 Å². The van der Waals surface area contributed by atoms with Crippen molar-refractivity contribution in [3.63, 3.8) is 0 Å². The predicted octanol–water partition coefficient (Wildman–Crippen LogP) is 3.66. The molecule has 0 aliphatic heterocycles. The van der Waals surface area contributed by atoms with Crippen LogP contribution in [0.2, 0.25) is 0 Å². The Bertz CT molecular complexity index is 350. The topological polar surface area (TPSA) is 28.4 Å². The number of hydrogen-bond donors (Lipinski definition) is 1. The fraction of sp³-hybridized carbons (Fsp3) is 0.765. The highest BCUT2D eigenvalue weighted by molar-refractivity contribution is 5.04. The second kappa shape index (κ2) is 8.48. The molecule has 3 heteroatoms. The fourth-order valence-electron chi connectivity index (χ4n) is 3.36. The van der Waals surface area contributed by atoms with Gasteiger partial charge in [0, 0.05) is 24.7 Å². The average Bonchev–Trinajstić information content (AvgIpc) is 2.84. The monoisotopic (exact) mass is 278 g/mol. The Morgan fingerprint density at radius 1 is 1.30 bits per heavy atom. The van der Waals surface area contributed by atoms with Crippen molar-refractivity contribution in [2.24, 2.45) is 5.92 Å². The molecule has 1 fully saturated rings. The van der Waals surface area contributed by atoms with Crippen molar-refractivity contribution >= 4 is 0 Å². The zero-order valence-electron chi connectivity index (χ0n) is 13.1. The number of rotatable bonds is 7. The molecule has 2 atom stereocenters. The summed E-state index contributed by atoms with van der Waals surface area (Å²) in [6, 6.07) is 2.78. The van der Waals surface area contributed by atoms with Gasteiger partial charge in [-0.2, -0.15) is 0 Å². The first-order valence-corrected chi connectivity index (χ1v) is 8.22. The molecule has 0 aromatic carbocycles. The van der Waals surface area contributed by atoms with Gasteiger partial charge in [-0.05, 0) is 44.8 Å². The molecule has 1 heterocycles. The molecule has 0 spiro atoms. The zero-order valence-corrected chi connectivity index (χ0v) is 13.1. The molecular formula is C17H30N2O. The van der Waals surface area contributed by atoms with E-state index in [0.717, 1.165) is 19.0 Å². The first-order valence-electron chi connectivity index (χ1n) is 8.22. The van der Waals surface area contributed by atoms with Crippen molar-refractivity contribution in [3.05, 3.63) is 24.2 Å². The highest BCUT2D eigenvalue weighted by Gasteiger charge is 2.24. The van der Waals surface area contributed by atoms with Crippen LogP contribution in [-0.4, -0.2) is 31.1 Å². The molecule has 1 aliphatic rings. The van der Waals surface area contributed by atoms with Crippen LogP contribution >= 0.6 is 0 Å². The summed E-state index contributed by atoms with van der Waals surface area (Å²) < 4.78 is 5.16. The van der Waals surface area contributed by atoms with Gasteiger partial charge in [0.2, 0.25) is 0 Å². The summed E-state index contributed by atoms with van der Waals surface area (Å²) in [6.07, 6.45) is 11.8. The van der Waals surface area contributed by atoms with Crippen molar-refractivity contribution in [1.82, 2.24) is 10.2 Å². The van der Waals surface area contributed by atoms with E-state index < -0.39 is 0 Å². The van der Waals surface area contributed by atoms with Gasteiger partial charge < -0.3 is 14.6 Å². The summed E-state index contributed by atoms with van der Waals surface area (Å²) in [4.78, 5) is 2.45. The second-order valence-electron chi connectivity index (χ2n) is 6.29. The van der Waals surface area contributed by atoms with Crippen LogP contribution in [-0.2, 0) is 6.54 Å². The van der Waals surface area contributed by atoms with Crippen molar-refractivity contribution in [1.29, 1.82) is 0 Å². The van der Waals surface area contributed by atoms with Crippen LogP contribution in [0.3, 0.4) is 0 Å². The third-order valence-electron chi connectivity index (χ3n) is 4.39. The van der Waals surface area contributed by atoms with E-state index in [1.165, 1.54) is 50.6 Å². The molecule has 1 saturated carbocycles. The third-order valence-corrected chi connectivity index (χ3v) is 4.39. The molecule has 0 bridgehead atoms. The number of nitrogens with zero attached hydrogens (tertiary/aromatic N) is 1. The van der Waals surface area contributed by atoms with Crippen LogP contribution in [0, 0.1) is 5.92 Å². The molecule has 3 nitrogen and oxygen atoms in total. The van der Waals surface area contributed by atoms with Gasteiger partial charge in [0.15, 0.2) is 0 Å². The maximum atomic E-state index is 5.16. The molecule has 2 rings (SSSR count). The van der Waals surface area contributed by atoms with Crippen LogP contribution in [0.15, 0.2) is 23.0 Å². The summed E-state index contributed by atoms with van der Waals surface area (Å²) in [6.45, 7) is 5.59. The maximum Gasteiger partial charge on any atom is 0.0947 e. The Balaban J connectivity index is 1.85. The highest BCUT2D eigenvalue weighted by Crippen LogP contribution is 2.24. The summed E-state index contributed by atoms with van der Waals surface area (Å²) in [5, 5.41) is 3.78. The van der Waals surface area contributed by atoms with E-state index in [9.17, 15) is 0 Å². The molecule has 0 saturated heterocycles. The Hall–Kier alpha value is -0.800. The third kappa shape index (κ3) is 4.95. The van der Waals surface area contributed by atoms with E-state index in [-0.39, 0.29) is 0 Å². The van der Waals surface area contributed by atoms with Gasteiger partial charge in [0.05, 0.1) is 12.5 Å². The molecule has 1 aliphatic carbocycles. The summed E-state index contributed by atoms with van der Waals surface area (Å²) >= 11 is 0. The molecule has 114 valence electrons. The van der Waals surface area contributed by atoms with Crippen LogP contribution in [0.25, 0.3) is 0 Å². The van der Waals surface area contributed by atoms with Crippen LogP contribution in [0.5, 0.6) is 0 Å². The summed E-state index contributed by atoms with van der Waals surface area (Å²) in [5.41, 5.74) is 1.28. The molecule has 1 N–H and O–H groups in total. The van der Waals surface area contributed by atoms with E-state index in [4.69, 9.17) is 4.42 Å². The molecule has 1 aromatic heterocycles. The minimum absolute atomic E-state index is 0.712. The highest BCUT2D eigenvalue weighted by atomic mass is 16.3. The van der Waals surface area contributed by atoms with E-state index in [0.29, 0.717) is 6.04 Å². The van der Waals surface area contributed by atoms with Crippen molar-refractivity contribution in [2.75, 3.05) is 20.1 Å². The van der Waals surface area contributed by atoms with Gasteiger partial charge in [0.25, 0.3) is 0 Å². The normalized spacial score (nSPS) is 23.9. The Kier molecular flexibility index (Phi) is 6.61. The van der Waals surface area contributed by atoms with E-state index in [1.54, 1.807) is 6.26 Å². The average molecular weight is 278 g/mol.